The van der Waals surface area contributed by atoms with Crippen LogP contribution in [0.25, 0.3) is 0 Å². The van der Waals surface area contributed by atoms with Gasteiger partial charge in [-0.15, -0.1) is 0 Å². The Morgan fingerprint density at radius 1 is 1.00 bits per heavy atom. The molecule has 0 radical (unpaired) electrons. The van der Waals surface area contributed by atoms with Crippen LogP contribution in [0.5, 0.6) is 0 Å². The molecule has 0 aliphatic carbocycles. The normalized spacial score (nSPS) is 15.8. The van der Waals surface area contributed by atoms with Crippen molar-refractivity contribution >= 4 is 15.7 Å². The smallest absolute Gasteiger partial charge is 0.253 e. The second kappa shape index (κ2) is 7.55. The Morgan fingerprint density at radius 2 is 1.62 bits per heavy atom. The maximum absolute atomic E-state index is 13.8. The quantitative estimate of drug-likeness (QED) is 0.821. The summed E-state index contributed by atoms with van der Waals surface area (Å²) in [6.45, 7) is 2.98. The minimum atomic E-state index is -3.27. The highest BCUT2D eigenvalue weighted by molar-refractivity contribution is 7.90. The Balaban J connectivity index is 1.59. The molecular weight excluding hydrogens is 355 g/mol. The number of amides is 1. The first-order valence-corrected chi connectivity index (χ1v) is 10.3. The van der Waals surface area contributed by atoms with E-state index in [9.17, 15) is 17.6 Å². The molecule has 0 bridgehead atoms. The van der Waals surface area contributed by atoms with Gasteiger partial charge in [0.2, 0.25) is 0 Å². The lowest BCUT2D eigenvalue weighted by Crippen LogP contribution is -2.48. The predicted octanol–water partition coefficient (Wildman–Crippen LogP) is 2.19. The Morgan fingerprint density at radius 3 is 2.19 bits per heavy atom. The van der Waals surface area contributed by atoms with E-state index in [4.69, 9.17) is 0 Å². The molecule has 138 valence electrons. The van der Waals surface area contributed by atoms with Gasteiger partial charge in [-0.25, -0.2) is 12.8 Å². The summed E-state index contributed by atoms with van der Waals surface area (Å²) in [6, 6.07) is 12.7. The number of benzene rings is 2. The van der Waals surface area contributed by atoms with Crippen LogP contribution in [0.2, 0.25) is 0 Å². The predicted molar refractivity (Wildman–Crippen MR) is 97.1 cm³/mol. The lowest BCUT2D eigenvalue weighted by molar-refractivity contribution is 0.0627. The summed E-state index contributed by atoms with van der Waals surface area (Å²) in [5, 5.41) is 0. The van der Waals surface area contributed by atoms with E-state index in [0.29, 0.717) is 43.9 Å². The van der Waals surface area contributed by atoms with Crippen molar-refractivity contribution in [1.29, 1.82) is 0 Å². The van der Waals surface area contributed by atoms with Gasteiger partial charge in [0.05, 0.1) is 4.90 Å². The number of hydrogen-bond acceptors (Lipinski definition) is 4. The van der Waals surface area contributed by atoms with E-state index in [1.54, 1.807) is 29.2 Å². The van der Waals surface area contributed by atoms with Gasteiger partial charge in [0.15, 0.2) is 9.84 Å². The van der Waals surface area contributed by atoms with E-state index in [2.05, 4.69) is 4.90 Å². The van der Waals surface area contributed by atoms with Crippen LogP contribution in [0.1, 0.15) is 15.9 Å². The number of nitrogens with zero attached hydrogens (tertiary/aromatic N) is 2. The molecule has 1 amide bonds. The number of piperazine rings is 1. The van der Waals surface area contributed by atoms with E-state index >= 15 is 0 Å². The van der Waals surface area contributed by atoms with Crippen LogP contribution in [-0.4, -0.2) is 56.6 Å². The third-order valence-electron chi connectivity index (χ3n) is 4.54. The molecule has 1 heterocycles. The van der Waals surface area contributed by atoms with Gasteiger partial charge < -0.3 is 4.90 Å². The SMILES string of the molecule is CS(=O)(=O)c1ccc(C(=O)N2CCN(Cc3ccccc3F)CC2)cc1. The second-order valence-electron chi connectivity index (χ2n) is 6.46. The number of carbonyl (C=O) groups is 1. The molecule has 0 atom stereocenters. The van der Waals surface area contributed by atoms with Crippen molar-refractivity contribution in [2.24, 2.45) is 0 Å². The summed E-state index contributed by atoms with van der Waals surface area (Å²) >= 11 is 0. The second-order valence-corrected chi connectivity index (χ2v) is 8.47. The van der Waals surface area contributed by atoms with Gasteiger partial charge in [-0.3, -0.25) is 9.69 Å². The molecule has 26 heavy (non-hydrogen) atoms. The van der Waals surface area contributed by atoms with Crippen molar-refractivity contribution in [3.8, 4) is 0 Å². The molecule has 1 saturated heterocycles. The Hall–Kier alpha value is -2.25. The van der Waals surface area contributed by atoms with Crippen molar-refractivity contribution in [1.82, 2.24) is 9.80 Å². The van der Waals surface area contributed by atoms with Gasteiger partial charge >= 0.3 is 0 Å². The summed E-state index contributed by atoms with van der Waals surface area (Å²) in [7, 11) is -3.27. The zero-order valence-corrected chi connectivity index (χ0v) is 15.4. The molecule has 5 nitrogen and oxygen atoms in total. The van der Waals surface area contributed by atoms with Gasteiger partial charge in [0.1, 0.15) is 5.82 Å². The van der Waals surface area contributed by atoms with Crippen LogP contribution in [-0.2, 0) is 16.4 Å². The highest BCUT2D eigenvalue weighted by Gasteiger charge is 2.23. The van der Waals surface area contributed by atoms with Crippen molar-refractivity contribution in [3.63, 3.8) is 0 Å². The first-order chi connectivity index (χ1) is 12.3. The molecule has 0 spiro atoms. The summed E-state index contributed by atoms with van der Waals surface area (Å²) in [5.41, 5.74) is 1.13. The number of hydrogen-bond donors (Lipinski definition) is 0. The molecule has 7 heteroatoms. The standard InChI is InChI=1S/C19H21FN2O3S/c1-26(24,25)17-8-6-15(7-9-17)19(23)22-12-10-21(11-13-22)14-16-4-2-3-5-18(16)20/h2-9H,10-14H2,1H3. The summed E-state index contributed by atoms with van der Waals surface area (Å²) in [6.07, 6.45) is 1.14. The van der Waals surface area contributed by atoms with E-state index in [0.717, 1.165) is 6.26 Å². The third-order valence-corrected chi connectivity index (χ3v) is 5.67. The molecule has 0 aromatic heterocycles. The van der Waals surface area contributed by atoms with E-state index in [1.165, 1.54) is 18.2 Å². The first-order valence-electron chi connectivity index (χ1n) is 8.40. The summed E-state index contributed by atoms with van der Waals surface area (Å²) < 4.78 is 36.7. The van der Waals surface area contributed by atoms with Crippen molar-refractivity contribution in [2.45, 2.75) is 11.4 Å². The van der Waals surface area contributed by atoms with Crippen LogP contribution in [0.3, 0.4) is 0 Å². The Bertz CT molecular complexity index is 889. The highest BCUT2D eigenvalue weighted by Crippen LogP contribution is 2.15. The monoisotopic (exact) mass is 376 g/mol. The molecule has 1 fully saturated rings. The lowest BCUT2D eigenvalue weighted by Gasteiger charge is -2.34. The van der Waals surface area contributed by atoms with Crippen LogP contribution in [0.4, 0.5) is 4.39 Å². The summed E-state index contributed by atoms with van der Waals surface area (Å²) in [5.74, 6) is -0.326. The molecule has 0 N–H and O–H groups in total. The maximum Gasteiger partial charge on any atom is 0.253 e. The largest absolute Gasteiger partial charge is 0.336 e. The minimum absolute atomic E-state index is 0.115. The van der Waals surface area contributed by atoms with Crippen molar-refractivity contribution in [2.75, 3.05) is 32.4 Å². The molecule has 2 aromatic rings. The van der Waals surface area contributed by atoms with Gasteiger partial charge in [0, 0.05) is 50.1 Å². The van der Waals surface area contributed by atoms with Crippen molar-refractivity contribution < 1.29 is 17.6 Å². The van der Waals surface area contributed by atoms with Crippen LogP contribution >= 0.6 is 0 Å². The average Bonchev–Trinajstić information content (AvgIpc) is 2.63. The fourth-order valence-electron chi connectivity index (χ4n) is 3.00. The fraction of sp³-hybridized carbons (Fsp3) is 0.316. The van der Waals surface area contributed by atoms with E-state index in [-0.39, 0.29) is 16.6 Å². The molecule has 3 rings (SSSR count). The molecule has 0 unspecified atom stereocenters. The lowest BCUT2D eigenvalue weighted by atomic mass is 10.1. The number of carbonyl (C=O) groups excluding carboxylic acids is 1. The van der Waals surface area contributed by atoms with Crippen molar-refractivity contribution in [3.05, 3.63) is 65.5 Å². The molecular formula is C19H21FN2O3S. The number of halogens is 1. The molecule has 1 aliphatic heterocycles. The van der Waals surface area contributed by atoms with Crippen LogP contribution in [0.15, 0.2) is 53.4 Å². The molecule has 1 aliphatic rings. The van der Waals surface area contributed by atoms with Gasteiger partial charge in [-0.2, -0.15) is 0 Å². The van der Waals surface area contributed by atoms with Gasteiger partial charge in [0.25, 0.3) is 5.91 Å². The third kappa shape index (κ3) is 4.28. The maximum atomic E-state index is 13.8. The van der Waals surface area contributed by atoms with Crippen LogP contribution in [0, 0.1) is 5.82 Å². The van der Waals surface area contributed by atoms with Gasteiger partial charge in [-0.05, 0) is 30.3 Å². The van der Waals surface area contributed by atoms with E-state index in [1.807, 2.05) is 6.07 Å². The first kappa shape index (κ1) is 18.5. The van der Waals surface area contributed by atoms with Crippen LogP contribution < -0.4 is 0 Å². The average molecular weight is 376 g/mol. The topological polar surface area (TPSA) is 57.7 Å². The highest BCUT2D eigenvalue weighted by atomic mass is 32.2. The zero-order chi connectivity index (χ0) is 18.7. The minimum Gasteiger partial charge on any atom is -0.336 e. The number of sulfone groups is 1. The fourth-order valence-corrected chi connectivity index (χ4v) is 3.63. The summed E-state index contributed by atoms with van der Waals surface area (Å²) in [4.78, 5) is 16.6. The van der Waals surface area contributed by atoms with Gasteiger partial charge in [-0.1, -0.05) is 18.2 Å². The zero-order valence-electron chi connectivity index (χ0n) is 14.6. The van der Waals surface area contributed by atoms with E-state index < -0.39 is 9.84 Å². The molecule has 0 saturated carbocycles. The molecule has 2 aromatic carbocycles. The number of rotatable bonds is 4. The Labute approximate surface area is 153 Å². The Kier molecular flexibility index (Phi) is 5.38.